The van der Waals surface area contributed by atoms with Crippen molar-refractivity contribution in [3.05, 3.63) is 27.1 Å². The van der Waals surface area contributed by atoms with Crippen LogP contribution in [0.4, 0.5) is 0 Å². The highest BCUT2D eigenvalue weighted by atomic mass is 35.5. The number of hydrogen-bond donors (Lipinski definition) is 1. The molecule has 1 aromatic heterocycles. The summed E-state index contributed by atoms with van der Waals surface area (Å²) >= 11 is 13.6. The quantitative estimate of drug-likeness (QED) is 0.681. The van der Waals surface area contributed by atoms with Crippen molar-refractivity contribution in [2.45, 2.75) is 32.7 Å². The number of hydrogen-bond acceptors (Lipinski definition) is 5. The summed E-state index contributed by atoms with van der Waals surface area (Å²) in [6, 6.07) is 3.45. The van der Waals surface area contributed by atoms with Gasteiger partial charge in [-0.25, -0.2) is 4.79 Å². The molecule has 2 rings (SSSR count). The summed E-state index contributed by atoms with van der Waals surface area (Å²) in [6.45, 7) is 3.59. The highest BCUT2D eigenvalue weighted by molar-refractivity contribution is 7.22. The van der Waals surface area contributed by atoms with Gasteiger partial charge in [0.2, 0.25) is 0 Å². The smallest absolute Gasteiger partial charge is 0.350 e. The standard InChI is InChI=1S/C17H19Cl2NO4S/c1-4-5-9(2)20-12(21)8-24-17(22)16-13(18)10-6-7-11(23-3)14(19)15(10)25-16/h6-7,9H,4-5,8H2,1-3H3,(H,20,21)/t9-/m0/s1. The second kappa shape index (κ2) is 8.74. The molecule has 0 fully saturated rings. The number of nitrogens with one attached hydrogen (secondary N) is 1. The third kappa shape index (κ3) is 4.57. The van der Waals surface area contributed by atoms with E-state index in [1.807, 2.05) is 13.8 Å². The van der Waals surface area contributed by atoms with E-state index >= 15 is 0 Å². The average Bonchev–Trinajstić information content (AvgIpc) is 2.91. The van der Waals surface area contributed by atoms with Gasteiger partial charge in [0.25, 0.3) is 5.91 Å². The van der Waals surface area contributed by atoms with Crippen LogP contribution in [0.2, 0.25) is 10.0 Å². The van der Waals surface area contributed by atoms with Crippen LogP contribution in [0.25, 0.3) is 10.1 Å². The van der Waals surface area contributed by atoms with Gasteiger partial charge in [-0.2, -0.15) is 0 Å². The lowest BCUT2D eigenvalue weighted by molar-refractivity contribution is -0.124. The molecule has 0 saturated carbocycles. The van der Waals surface area contributed by atoms with Crippen LogP contribution in [0, 0.1) is 0 Å². The number of fused-ring (bicyclic) bond motifs is 1. The lowest BCUT2D eigenvalue weighted by Gasteiger charge is -2.12. The lowest BCUT2D eigenvalue weighted by atomic mass is 10.2. The maximum Gasteiger partial charge on any atom is 0.350 e. The number of methoxy groups -OCH3 is 1. The van der Waals surface area contributed by atoms with Gasteiger partial charge in [0.1, 0.15) is 15.6 Å². The zero-order valence-electron chi connectivity index (χ0n) is 14.2. The first-order valence-electron chi connectivity index (χ1n) is 7.80. The second-order valence-corrected chi connectivity index (χ2v) is 7.31. The molecule has 136 valence electrons. The molecule has 1 aromatic carbocycles. The summed E-state index contributed by atoms with van der Waals surface area (Å²) in [4.78, 5) is 24.3. The monoisotopic (exact) mass is 403 g/mol. The van der Waals surface area contributed by atoms with Gasteiger partial charge in [0, 0.05) is 11.4 Å². The first-order valence-corrected chi connectivity index (χ1v) is 9.37. The molecule has 0 spiro atoms. The summed E-state index contributed by atoms with van der Waals surface area (Å²) in [6.07, 6.45) is 1.82. The molecule has 0 unspecified atom stereocenters. The number of amides is 1. The molecule has 1 amide bonds. The third-order valence-corrected chi connectivity index (χ3v) is 5.77. The molecule has 2 aromatic rings. The second-order valence-electron chi connectivity index (χ2n) is 5.54. The summed E-state index contributed by atoms with van der Waals surface area (Å²) in [5, 5.41) is 4.06. The van der Waals surface area contributed by atoms with E-state index in [4.69, 9.17) is 32.7 Å². The molecule has 1 N–H and O–H groups in total. The number of halogens is 2. The zero-order valence-corrected chi connectivity index (χ0v) is 16.5. The molecular formula is C17H19Cl2NO4S. The molecule has 25 heavy (non-hydrogen) atoms. The Bertz CT molecular complexity index is 791. The van der Waals surface area contributed by atoms with E-state index < -0.39 is 5.97 Å². The molecule has 0 radical (unpaired) electrons. The van der Waals surface area contributed by atoms with Crippen LogP contribution >= 0.6 is 34.5 Å². The average molecular weight is 404 g/mol. The maximum absolute atomic E-state index is 12.3. The van der Waals surface area contributed by atoms with Gasteiger partial charge >= 0.3 is 5.97 Å². The Balaban J connectivity index is 2.11. The number of thiophene rings is 1. The van der Waals surface area contributed by atoms with Crippen molar-refractivity contribution in [3.8, 4) is 5.75 Å². The third-order valence-electron chi connectivity index (χ3n) is 3.57. The fourth-order valence-electron chi connectivity index (χ4n) is 2.39. The van der Waals surface area contributed by atoms with E-state index in [0.29, 0.717) is 20.9 Å². The Morgan fingerprint density at radius 3 is 2.64 bits per heavy atom. The Morgan fingerprint density at radius 1 is 1.28 bits per heavy atom. The maximum atomic E-state index is 12.3. The van der Waals surface area contributed by atoms with Crippen LogP contribution < -0.4 is 10.1 Å². The van der Waals surface area contributed by atoms with Crippen LogP contribution in [0.3, 0.4) is 0 Å². The number of rotatable bonds is 7. The van der Waals surface area contributed by atoms with Crippen LogP contribution in [-0.2, 0) is 9.53 Å². The van der Waals surface area contributed by atoms with Crippen molar-refractivity contribution >= 4 is 56.5 Å². The van der Waals surface area contributed by atoms with E-state index in [-0.39, 0.29) is 28.5 Å². The van der Waals surface area contributed by atoms with Gasteiger partial charge in [-0.05, 0) is 25.5 Å². The topological polar surface area (TPSA) is 64.6 Å². The fourth-order valence-corrected chi connectivity index (χ4v) is 4.17. The van der Waals surface area contributed by atoms with Gasteiger partial charge in [-0.3, -0.25) is 4.79 Å². The van der Waals surface area contributed by atoms with Gasteiger partial charge in [0.15, 0.2) is 6.61 Å². The van der Waals surface area contributed by atoms with Crippen molar-refractivity contribution in [2.24, 2.45) is 0 Å². The highest BCUT2D eigenvalue weighted by Gasteiger charge is 2.22. The Kier molecular flexibility index (Phi) is 6.93. The summed E-state index contributed by atoms with van der Waals surface area (Å²) in [5.41, 5.74) is 0. The number of esters is 1. The van der Waals surface area contributed by atoms with E-state index in [0.717, 1.165) is 24.2 Å². The molecule has 0 aliphatic heterocycles. The van der Waals surface area contributed by atoms with E-state index in [1.165, 1.54) is 7.11 Å². The Hall–Kier alpha value is -1.50. The summed E-state index contributed by atoms with van der Waals surface area (Å²) in [7, 11) is 1.51. The van der Waals surface area contributed by atoms with Crippen molar-refractivity contribution in [1.29, 1.82) is 0 Å². The van der Waals surface area contributed by atoms with Crippen molar-refractivity contribution in [2.75, 3.05) is 13.7 Å². The van der Waals surface area contributed by atoms with Crippen LogP contribution in [0.15, 0.2) is 12.1 Å². The first-order chi connectivity index (χ1) is 11.9. The largest absolute Gasteiger partial charge is 0.495 e. The molecule has 5 nitrogen and oxygen atoms in total. The zero-order chi connectivity index (χ0) is 18.6. The minimum Gasteiger partial charge on any atom is -0.495 e. The molecule has 0 aliphatic carbocycles. The van der Waals surface area contributed by atoms with Crippen molar-refractivity contribution < 1.29 is 19.1 Å². The first kappa shape index (κ1) is 19.8. The summed E-state index contributed by atoms with van der Waals surface area (Å²) in [5.74, 6) is -0.498. The fraction of sp³-hybridized carbons (Fsp3) is 0.412. The Labute approximate surface area is 160 Å². The number of carbonyl (C=O) groups is 2. The number of ether oxygens (including phenoxy) is 2. The molecule has 8 heteroatoms. The van der Waals surface area contributed by atoms with E-state index in [1.54, 1.807) is 12.1 Å². The van der Waals surface area contributed by atoms with Crippen molar-refractivity contribution in [1.82, 2.24) is 5.32 Å². The summed E-state index contributed by atoms with van der Waals surface area (Å²) < 4.78 is 10.9. The SMILES string of the molecule is CCC[C@H](C)NC(=O)COC(=O)c1sc2c(Cl)c(OC)ccc2c1Cl. The van der Waals surface area contributed by atoms with Crippen molar-refractivity contribution in [3.63, 3.8) is 0 Å². The molecule has 1 heterocycles. The molecule has 1 atom stereocenters. The highest BCUT2D eigenvalue weighted by Crippen LogP contribution is 2.43. The predicted molar refractivity (Wildman–Crippen MR) is 101 cm³/mol. The van der Waals surface area contributed by atoms with Crippen LogP contribution in [0.5, 0.6) is 5.75 Å². The van der Waals surface area contributed by atoms with Gasteiger partial charge in [-0.15, -0.1) is 11.3 Å². The van der Waals surface area contributed by atoms with Gasteiger partial charge < -0.3 is 14.8 Å². The molecule has 0 bridgehead atoms. The minimum absolute atomic E-state index is 0.0374. The molecule has 0 aliphatic rings. The predicted octanol–water partition coefficient (Wildman–Crippen LogP) is 4.68. The normalized spacial score (nSPS) is 12.0. The minimum atomic E-state index is -0.653. The van der Waals surface area contributed by atoms with E-state index in [2.05, 4.69) is 5.32 Å². The Morgan fingerprint density at radius 2 is 2.00 bits per heavy atom. The van der Waals surface area contributed by atoms with E-state index in [9.17, 15) is 9.59 Å². The molecule has 0 saturated heterocycles. The number of benzene rings is 1. The van der Waals surface area contributed by atoms with Crippen LogP contribution in [-0.4, -0.2) is 31.6 Å². The van der Waals surface area contributed by atoms with Crippen LogP contribution in [0.1, 0.15) is 36.4 Å². The molecular weight excluding hydrogens is 385 g/mol. The van der Waals surface area contributed by atoms with Gasteiger partial charge in [-0.1, -0.05) is 36.5 Å². The van der Waals surface area contributed by atoms with Gasteiger partial charge in [0.05, 0.1) is 16.8 Å². The number of carbonyl (C=O) groups excluding carboxylic acids is 2. The lowest BCUT2D eigenvalue weighted by Crippen LogP contribution is -2.35.